The molecule has 0 aliphatic carbocycles. The number of halogens is 2. The Hall–Kier alpha value is -1.34. The fourth-order valence-corrected chi connectivity index (χ4v) is 3.11. The Kier molecular flexibility index (Phi) is 6.02. The summed E-state index contributed by atoms with van der Waals surface area (Å²) < 4.78 is 7.17. The number of carbonyl (C=O) groups is 1. The van der Waals surface area contributed by atoms with Crippen molar-refractivity contribution < 1.29 is 9.53 Å². The van der Waals surface area contributed by atoms with Crippen LogP contribution in [-0.2, 0) is 4.79 Å². The van der Waals surface area contributed by atoms with Crippen LogP contribution >= 0.6 is 38.5 Å². The lowest BCUT2D eigenvalue weighted by atomic mass is 10.2. The maximum Gasteiger partial charge on any atom is 0.248 e. The van der Waals surface area contributed by atoms with Crippen LogP contribution < -0.4 is 10.1 Å². The number of anilines is 1. The number of benzene rings is 2. The van der Waals surface area contributed by atoms with Gasteiger partial charge in [-0.05, 0) is 93.0 Å². The fraction of sp³-hybridized carbons (Fsp3) is 0.118. The minimum atomic E-state index is -0.156. The number of hydrogen-bond donors (Lipinski definition) is 1. The topological polar surface area (TPSA) is 38.3 Å². The van der Waals surface area contributed by atoms with Gasteiger partial charge in [0.15, 0.2) is 0 Å². The summed E-state index contributed by atoms with van der Waals surface area (Å²) in [6, 6.07) is 11.5. The smallest absolute Gasteiger partial charge is 0.248 e. The highest BCUT2D eigenvalue weighted by atomic mass is 127. The second-order valence-corrected chi connectivity index (χ2v) is 6.78. The number of ether oxygens (including phenoxy) is 1. The van der Waals surface area contributed by atoms with Gasteiger partial charge in [-0.2, -0.15) is 0 Å². The monoisotopic (exact) mass is 471 g/mol. The number of nitrogens with one attached hydrogen (secondary N) is 1. The number of methoxy groups -OCH3 is 1. The van der Waals surface area contributed by atoms with Gasteiger partial charge < -0.3 is 10.1 Å². The van der Waals surface area contributed by atoms with E-state index in [1.165, 1.54) is 6.08 Å². The van der Waals surface area contributed by atoms with E-state index in [4.69, 9.17) is 4.74 Å². The molecule has 0 saturated heterocycles. The summed E-state index contributed by atoms with van der Waals surface area (Å²) in [5, 5.41) is 2.88. The lowest BCUT2D eigenvalue weighted by molar-refractivity contribution is -0.111. The van der Waals surface area contributed by atoms with E-state index in [0.29, 0.717) is 0 Å². The average Bonchev–Trinajstić information content (AvgIpc) is 2.48. The maximum absolute atomic E-state index is 12.0. The molecule has 0 spiro atoms. The Labute approximate surface area is 152 Å². The number of aryl methyl sites for hydroxylation is 1. The minimum absolute atomic E-state index is 0.156. The van der Waals surface area contributed by atoms with Crippen LogP contribution in [0.4, 0.5) is 5.69 Å². The Bertz CT molecular complexity index is 729. The molecule has 1 amide bonds. The van der Waals surface area contributed by atoms with Gasteiger partial charge in [-0.1, -0.05) is 6.07 Å². The van der Waals surface area contributed by atoms with Gasteiger partial charge in [0, 0.05) is 15.3 Å². The summed E-state index contributed by atoms with van der Waals surface area (Å²) in [6.07, 6.45) is 3.28. The summed E-state index contributed by atoms with van der Waals surface area (Å²) in [6.45, 7) is 1.97. The molecule has 2 aromatic rings. The summed E-state index contributed by atoms with van der Waals surface area (Å²) in [4.78, 5) is 12.0. The van der Waals surface area contributed by atoms with Crippen LogP contribution in [0, 0.1) is 10.5 Å². The predicted molar refractivity (Wildman–Crippen MR) is 102 cm³/mol. The van der Waals surface area contributed by atoms with Crippen LogP contribution in [0.15, 0.2) is 46.9 Å². The van der Waals surface area contributed by atoms with Crippen LogP contribution in [0.25, 0.3) is 6.08 Å². The van der Waals surface area contributed by atoms with E-state index in [2.05, 4.69) is 43.8 Å². The molecule has 2 aromatic carbocycles. The average molecular weight is 472 g/mol. The first-order valence-electron chi connectivity index (χ1n) is 6.58. The van der Waals surface area contributed by atoms with Crippen LogP contribution in [0.2, 0.25) is 0 Å². The molecule has 0 aliphatic rings. The molecule has 0 aromatic heterocycles. The van der Waals surface area contributed by atoms with E-state index in [0.717, 1.165) is 30.6 Å². The highest BCUT2D eigenvalue weighted by Gasteiger charge is 2.03. The predicted octanol–water partition coefficient (Wildman–Crippen LogP) is 5.02. The van der Waals surface area contributed by atoms with Crippen molar-refractivity contribution in [3.8, 4) is 5.75 Å². The zero-order valence-corrected chi connectivity index (χ0v) is 15.9. The number of rotatable bonds is 4. The molecule has 0 unspecified atom stereocenters. The summed E-state index contributed by atoms with van der Waals surface area (Å²) in [5.41, 5.74) is 2.79. The molecule has 0 aliphatic heterocycles. The molecule has 0 fully saturated rings. The van der Waals surface area contributed by atoms with Crippen LogP contribution in [0.5, 0.6) is 5.75 Å². The van der Waals surface area contributed by atoms with Gasteiger partial charge in [0.2, 0.25) is 5.91 Å². The van der Waals surface area contributed by atoms with Crippen molar-refractivity contribution in [2.45, 2.75) is 6.92 Å². The van der Waals surface area contributed by atoms with E-state index in [1.54, 1.807) is 13.2 Å². The van der Waals surface area contributed by atoms with Crippen molar-refractivity contribution in [1.29, 1.82) is 0 Å². The quantitative estimate of drug-likeness (QED) is 0.502. The Balaban J connectivity index is 2.06. The van der Waals surface area contributed by atoms with Crippen molar-refractivity contribution in [3.05, 3.63) is 61.6 Å². The summed E-state index contributed by atoms with van der Waals surface area (Å²) in [5.74, 6) is 0.604. The second kappa shape index (κ2) is 7.78. The Morgan fingerprint density at radius 3 is 2.68 bits per heavy atom. The molecule has 0 atom stereocenters. The number of hydrogen-bond acceptors (Lipinski definition) is 2. The lowest BCUT2D eigenvalue weighted by Gasteiger charge is -2.06. The molecule has 0 bridgehead atoms. The third-order valence-corrected chi connectivity index (χ3v) is 4.34. The number of carbonyl (C=O) groups excluding carboxylic acids is 1. The van der Waals surface area contributed by atoms with Crippen molar-refractivity contribution in [3.63, 3.8) is 0 Å². The molecule has 0 radical (unpaired) electrons. The van der Waals surface area contributed by atoms with Gasteiger partial charge in [-0.3, -0.25) is 4.79 Å². The molecule has 0 heterocycles. The van der Waals surface area contributed by atoms with Crippen molar-refractivity contribution in [2.75, 3.05) is 12.4 Å². The van der Waals surface area contributed by atoms with Gasteiger partial charge in [0.25, 0.3) is 0 Å². The summed E-state index contributed by atoms with van der Waals surface area (Å²) >= 11 is 5.67. The highest BCUT2D eigenvalue weighted by Crippen LogP contribution is 2.26. The molecule has 2 rings (SSSR count). The third-order valence-electron chi connectivity index (χ3n) is 3.05. The molecule has 0 saturated carbocycles. The largest absolute Gasteiger partial charge is 0.496 e. The Morgan fingerprint density at radius 1 is 1.27 bits per heavy atom. The van der Waals surface area contributed by atoms with E-state index in [9.17, 15) is 4.79 Å². The molecule has 3 nitrogen and oxygen atoms in total. The zero-order valence-electron chi connectivity index (χ0n) is 12.2. The SMILES string of the molecule is COc1ccc(C=CC(=O)Nc2ccc(I)cc2C)cc1Br. The normalized spacial score (nSPS) is 10.7. The third kappa shape index (κ3) is 4.58. The second-order valence-electron chi connectivity index (χ2n) is 4.68. The van der Waals surface area contributed by atoms with Crippen molar-refractivity contribution in [1.82, 2.24) is 0 Å². The molecule has 22 heavy (non-hydrogen) atoms. The fourth-order valence-electron chi connectivity index (χ4n) is 1.90. The zero-order chi connectivity index (χ0) is 16.1. The first-order chi connectivity index (χ1) is 10.5. The first-order valence-corrected chi connectivity index (χ1v) is 8.45. The van der Waals surface area contributed by atoms with Crippen LogP contribution in [-0.4, -0.2) is 13.0 Å². The van der Waals surface area contributed by atoms with Crippen LogP contribution in [0.1, 0.15) is 11.1 Å². The van der Waals surface area contributed by atoms with Crippen LogP contribution in [0.3, 0.4) is 0 Å². The van der Waals surface area contributed by atoms with E-state index in [1.807, 2.05) is 43.3 Å². The summed E-state index contributed by atoms with van der Waals surface area (Å²) in [7, 11) is 1.62. The van der Waals surface area contributed by atoms with Crippen molar-refractivity contribution in [2.24, 2.45) is 0 Å². The minimum Gasteiger partial charge on any atom is -0.496 e. The standard InChI is InChI=1S/C17H15BrINO2/c1-11-9-13(19)5-6-15(11)20-17(21)8-4-12-3-7-16(22-2)14(18)10-12/h3-10H,1-2H3,(H,20,21). The van der Waals surface area contributed by atoms with Gasteiger partial charge >= 0.3 is 0 Å². The number of amides is 1. The molecule has 114 valence electrons. The van der Waals surface area contributed by atoms with Gasteiger partial charge in [-0.15, -0.1) is 0 Å². The first kappa shape index (κ1) is 17.0. The highest BCUT2D eigenvalue weighted by molar-refractivity contribution is 14.1. The maximum atomic E-state index is 12.0. The van der Waals surface area contributed by atoms with Crippen molar-refractivity contribution >= 4 is 56.2 Å². The molecular weight excluding hydrogens is 457 g/mol. The van der Waals surface area contributed by atoms with Gasteiger partial charge in [0.1, 0.15) is 5.75 Å². The lowest BCUT2D eigenvalue weighted by Crippen LogP contribution is -2.08. The molecular formula is C17H15BrINO2. The molecule has 5 heteroatoms. The molecule has 1 N–H and O–H groups in total. The van der Waals surface area contributed by atoms with E-state index in [-0.39, 0.29) is 5.91 Å². The van der Waals surface area contributed by atoms with Gasteiger partial charge in [0.05, 0.1) is 11.6 Å². The Morgan fingerprint density at radius 2 is 2.05 bits per heavy atom. The van der Waals surface area contributed by atoms with Gasteiger partial charge in [-0.25, -0.2) is 0 Å². The van der Waals surface area contributed by atoms with E-state index < -0.39 is 0 Å². The van der Waals surface area contributed by atoms with E-state index >= 15 is 0 Å².